The molecule has 67 heavy (non-hydrogen) atoms. The first-order chi connectivity index (χ1) is 32.6. The SMILES string of the molecule is Cc1ccc(-c2cc(Cl)ccc2OCc2ccccc2)n1-c1cccc(C(=O)NCc2ccccn2)c1.Cc1ccc(-c2cc(Cl)ccc2OCc2ccccc2)n1-c1cccc(C(=O)O)c1. The summed E-state index contributed by atoms with van der Waals surface area (Å²) >= 11 is 12.7. The zero-order valence-electron chi connectivity index (χ0n) is 36.8. The first-order valence-electron chi connectivity index (χ1n) is 21.5. The Morgan fingerprint density at radius 2 is 1.04 bits per heavy atom. The zero-order chi connectivity index (χ0) is 46.7. The summed E-state index contributed by atoms with van der Waals surface area (Å²) in [6.07, 6.45) is 1.71. The van der Waals surface area contributed by atoms with E-state index >= 15 is 0 Å². The van der Waals surface area contributed by atoms with E-state index in [4.69, 9.17) is 32.7 Å². The summed E-state index contributed by atoms with van der Waals surface area (Å²) in [5.74, 6) is 0.320. The van der Waals surface area contributed by atoms with E-state index < -0.39 is 5.97 Å². The molecule has 334 valence electrons. The molecule has 9 aromatic rings. The van der Waals surface area contributed by atoms with Gasteiger partial charge in [0.2, 0.25) is 0 Å². The molecule has 0 spiro atoms. The number of hydrogen-bond acceptors (Lipinski definition) is 5. The summed E-state index contributed by atoms with van der Waals surface area (Å²) in [5, 5.41) is 13.5. The molecular formula is C56H46Cl2N4O5. The van der Waals surface area contributed by atoms with Crippen molar-refractivity contribution in [1.29, 1.82) is 0 Å². The highest BCUT2D eigenvalue weighted by Crippen LogP contribution is 2.38. The quantitative estimate of drug-likeness (QED) is 0.112. The van der Waals surface area contributed by atoms with Crippen molar-refractivity contribution in [2.24, 2.45) is 0 Å². The van der Waals surface area contributed by atoms with Crippen molar-refractivity contribution in [2.45, 2.75) is 33.6 Å². The number of nitrogens with zero attached hydrogens (tertiary/aromatic N) is 3. The molecule has 0 aliphatic heterocycles. The minimum Gasteiger partial charge on any atom is -0.488 e. The fourth-order valence-electron chi connectivity index (χ4n) is 7.65. The maximum atomic E-state index is 12.9. The molecule has 0 fully saturated rings. The summed E-state index contributed by atoms with van der Waals surface area (Å²) in [5.41, 5.74) is 10.9. The predicted octanol–water partition coefficient (Wildman–Crippen LogP) is 13.4. The molecule has 0 aliphatic rings. The Bertz CT molecular complexity index is 3130. The minimum absolute atomic E-state index is 0.159. The molecule has 11 heteroatoms. The van der Waals surface area contributed by atoms with Gasteiger partial charge >= 0.3 is 5.97 Å². The molecule has 3 heterocycles. The van der Waals surface area contributed by atoms with Gasteiger partial charge in [0.1, 0.15) is 24.7 Å². The fourth-order valence-corrected chi connectivity index (χ4v) is 7.99. The minimum atomic E-state index is -0.960. The number of carbonyl (C=O) groups excluding carboxylic acids is 1. The number of pyridine rings is 1. The third-order valence-electron chi connectivity index (χ3n) is 10.9. The van der Waals surface area contributed by atoms with Gasteiger partial charge in [0.25, 0.3) is 5.91 Å². The molecule has 0 atom stereocenters. The number of aromatic carboxylic acids is 1. The highest BCUT2D eigenvalue weighted by atomic mass is 35.5. The molecule has 9 nitrogen and oxygen atoms in total. The number of carboxylic acid groups (broad SMARTS) is 1. The van der Waals surface area contributed by atoms with Crippen LogP contribution in [-0.2, 0) is 19.8 Å². The lowest BCUT2D eigenvalue weighted by molar-refractivity contribution is 0.0696. The van der Waals surface area contributed by atoms with Crippen LogP contribution in [0.2, 0.25) is 10.0 Å². The van der Waals surface area contributed by atoms with Gasteiger partial charge in [0.15, 0.2) is 0 Å². The van der Waals surface area contributed by atoms with Crippen LogP contribution in [0.4, 0.5) is 0 Å². The van der Waals surface area contributed by atoms with Crippen LogP contribution in [0, 0.1) is 13.8 Å². The lowest BCUT2D eigenvalue weighted by Crippen LogP contribution is -2.23. The third-order valence-corrected chi connectivity index (χ3v) is 11.4. The second-order valence-electron chi connectivity index (χ2n) is 15.6. The molecule has 3 aromatic heterocycles. The van der Waals surface area contributed by atoms with Crippen LogP contribution in [0.3, 0.4) is 0 Å². The third kappa shape index (κ3) is 11.3. The van der Waals surface area contributed by atoms with Crippen molar-refractivity contribution >= 4 is 35.1 Å². The predicted molar refractivity (Wildman–Crippen MR) is 266 cm³/mol. The van der Waals surface area contributed by atoms with Crippen LogP contribution in [-0.4, -0.2) is 31.1 Å². The van der Waals surface area contributed by atoms with Gasteiger partial charge in [-0.25, -0.2) is 4.79 Å². The Labute approximate surface area is 399 Å². The van der Waals surface area contributed by atoms with E-state index in [1.165, 1.54) is 0 Å². The van der Waals surface area contributed by atoms with E-state index in [0.29, 0.717) is 41.1 Å². The first-order valence-corrected chi connectivity index (χ1v) is 22.3. The number of rotatable bonds is 14. The molecule has 0 radical (unpaired) electrons. The van der Waals surface area contributed by atoms with Gasteiger partial charge < -0.3 is 29.0 Å². The number of aryl methyl sites for hydroxylation is 2. The van der Waals surface area contributed by atoms with Crippen molar-refractivity contribution in [3.63, 3.8) is 0 Å². The maximum absolute atomic E-state index is 12.9. The molecule has 0 bridgehead atoms. The van der Waals surface area contributed by atoms with E-state index in [0.717, 1.165) is 67.8 Å². The topological polar surface area (TPSA) is 108 Å². The number of benzene rings is 6. The van der Waals surface area contributed by atoms with Crippen LogP contribution >= 0.6 is 23.2 Å². The fraction of sp³-hybridized carbons (Fsp3) is 0.0893. The zero-order valence-corrected chi connectivity index (χ0v) is 38.3. The van der Waals surface area contributed by atoms with Gasteiger partial charge in [-0.3, -0.25) is 9.78 Å². The lowest BCUT2D eigenvalue weighted by atomic mass is 10.1. The van der Waals surface area contributed by atoms with Gasteiger partial charge in [-0.1, -0.05) is 102 Å². The first kappa shape index (κ1) is 45.7. The molecule has 2 N–H and O–H groups in total. The maximum Gasteiger partial charge on any atom is 0.335 e. The second kappa shape index (κ2) is 21.4. The number of carboxylic acids is 1. The van der Waals surface area contributed by atoms with E-state index in [9.17, 15) is 14.7 Å². The monoisotopic (exact) mass is 924 g/mol. The summed E-state index contributed by atoms with van der Waals surface area (Å²) in [4.78, 5) is 28.6. The normalized spacial score (nSPS) is 10.7. The van der Waals surface area contributed by atoms with Gasteiger partial charge in [0.05, 0.1) is 29.2 Å². The van der Waals surface area contributed by atoms with E-state index in [2.05, 4.69) is 14.9 Å². The standard InChI is InChI=1S/C31H26ClN3O2.C25H20ClNO3/c1-22-13-15-29(28-19-25(32)14-16-30(28)37-21-23-8-3-2-4-9-23)35(22)27-12-7-10-24(18-27)31(36)34-20-26-11-5-6-17-33-26;1-17-10-12-23(27(17)21-9-5-8-19(14-21)25(28)29)22-15-20(26)11-13-24(22)30-16-18-6-3-2-4-7-18/h2-19H,20-21H2,1H3,(H,34,36);2-15H,16H2,1H3,(H,28,29). The molecular weight excluding hydrogens is 880 g/mol. The average molecular weight is 926 g/mol. The molecule has 0 aliphatic carbocycles. The van der Waals surface area contributed by atoms with E-state index in [1.54, 1.807) is 30.5 Å². The Morgan fingerprint density at radius 1 is 0.552 bits per heavy atom. The van der Waals surface area contributed by atoms with Gasteiger partial charge in [-0.05, 0) is 134 Å². The number of ether oxygens (including phenoxy) is 2. The number of amides is 1. The summed E-state index contributed by atoms with van der Waals surface area (Å²) in [6, 6.07) is 59.3. The van der Waals surface area contributed by atoms with Crippen LogP contribution in [0.25, 0.3) is 33.9 Å². The molecule has 0 saturated carbocycles. The van der Waals surface area contributed by atoms with Crippen molar-refractivity contribution in [3.8, 4) is 45.4 Å². The molecule has 0 saturated heterocycles. The number of halogens is 2. The summed E-state index contributed by atoms with van der Waals surface area (Å²) in [6.45, 7) is 5.26. The molecule has 0 unspecified atom stereocenters. The van der Waals surface area contributed by atoms with Crippen LogP contribution in [0.15, 0.2) is 194 Å². The number of hydrogen-bond donors (Lipinski definition) is 2. The number of aromatic nitrogens is 3. The van der Waals surface area contributed by atoms with Crippen LogP contribution in [0.1, 0.15) is 48.9 Å². The van der Waals surface area contributed by atoms with Gasteiger partial charge in [-0.2, -0.15) is 0 Å². The number of nitrogens with one attached hydrogen (secondary N) is 1. The highest BCUT2D eigenvalue weighted by molar-refractivity contribution is 6.31. The van der Waals surface area contributed by atoms with Crippen LogP contribution < -0.4 is 14.8 Å². The Hall–Kier alpha value is -7.85. The average Bonchev–Trinajstić information content (AvgIpc) is 3.95. The molecule has 6 aromatic carbocycles. The molecule has 9 rings (SSSR count). The van der Waals surface area contributed by atoms with Gasteiger partial charge in [-0.15, -0.1) is 0 Å². The van der Waals surface area contributed by atoms with Crippen molar-refractivity contribution in [1.82, 2.24) is 19.4 Å². The van der Waals surface area contributed by atoms with Crippen molar-refractivity contribution < 1.29 is 24.2 Å². The lowest BCUT2D eigenvalue weighted by Gasteiger charge is -2.17. The van der Waals surface area contributed by atoms with E-state index in [-0.39, 0.29) is 11.5 Å². The Kier molecular flexibility index (Phi) is 14.6. The van der Waals surface area contributed by atoms with Crippen molar-refractivity contribution in [2.75, 3.05) is 0 Å². The number of carbonyl (C=O) groups is 2. The largest absolute Gasteiger partial charge is 0.488 e. The van der Waals surface area contributed by atoms with Crippen LogP contribution in [0.5, 0.6) is 11.5 Å². The Morgan fingerprint density at radius 3 is 1.54 bits per heavy atom. The Balaban J connectivity index is 0.000000186. The summed E-state index contributed by atoms with van der Waals surface area (Å²) in [7, 11) is 0. The van der Waals surface area contributed by atoms with Crippen molar-refractivity contribution in [3.05, 3.63) is 244 Å². The second-order valence-corrected chi connectivity index (χ2v) is 16.5. The smallest absolute Gasteiger partial charge is 0.335 e. The highest BCUT2D eigenvalue weighted by Gasteiger charge is 2.18. The summed E-state index contributed by atoms with van der Waals surface area (Å²) < 4.78 is 16.5. The molecule has 1 amide bonds. The van der Waals surface area contributed by atoms with Gasteiger partial charge in [0, 0.05) is 55.7 Å². The van der Waals surface area contributed by atoms with E-state index in [1.807, 2.05) is 182 Å².